The number of aryl methyl sites for hydroxylation is 1. The Kier molecular flexibility index (Phi) is 3.93. The normalized spacial score (nSPS) is 18.4. The second-order valence-electron chi connectivity index (χ2n) is 7.14. The molecular weight excluding hydrogens is 342 g/mol. The first-order chi connectivity index (χ1) is 13.2. The molecule has 2 aliphatic rings. The quantitative estimate of drug-likeness (QED) is 0.769. The molecule has 0 radical (unpaired) electrons. The van der Waals surface area contributed by atoms with E-state index in [9.17, 15) is 0 Å². The summed E-state index contributed by atoms with van der Waals surface area (Å²) in [5.74, 6) is 2.38. The smallest absolute Gasteiger partial charge is 0.163 e. The van der Waals surface area contributed by atoms with Crippen molar-refractivity contribution in [3.8, 4) is 11.5 Å². The van der Waals surface area contributed by atoms with Crippen molar-refractivity contribution in [3.63, 3.8) is 0 Å². The van der Waals surface area contributed by atoms with Crippen LogP contribution in [0.4, 0.5) is 11.5 Å². The highest BCUT2D eigenvalue weighted by Gasteiger charge is 2.25. The van der Waals surface area contributed by atoms with Crippen LogP contribution in [0.3, 0.4) is 0 Å². The molecule has 1 unspecified atom stereocenters. The van der Waals surface area contributed by atoms with E-state index in [0.29, 0.717) is 19.3 Å². The molecular formula is C21H23N3O3. The van der Waals surface area contributed by atoms with E-state index in [1.807, 2.05) is 24.3 Å². The van der Waals surface area contributed by atoms with Gasteiger partial charge in [-0.3, -0.25) is 0 Å². The van der Waals surface area contributed by atoms with Gasteiger partial charge in [0, 0.05) is 43.4 Å². The summed E-state index contributed by atoms with van der Waals surface area (Å²) >= 11 is 0. The predicted octanol–water partition coefficient (Wildman–Crippen LogP) is 3.59. The van der Waals surface area contributed by atoms with Crippen LogP contribution in [-0.2, 0) is 24.6 Å². The number of pyridine rings is 1. The van der Waals surface area contributed by atoms with Crippen LogP contribution in [0.15, 0.2) is 30.3 Å². The second-order valence-corrected chi connectivity index (χ2v) is 7.14. The summed E-state index contributed by atoms with van der Waals surface area (Å²) < 4.78 is 19.1. The van der Waals surface area contributed by atoms with Crippen LogP contribution >= 0.6 is 0 Å². The molecule has 0 amide bonds. The van der Waals surface area contributed by atoms with E-state index < -0.39 is 0 Å². The number of ether oxygens (including phenoxy) is 3. The van der Waals surface area contributed by atoms with Crippen LogP contribution < -0.4 is 14.8 Å². The Balaban J connectivity index is 1.48. The van der Waals surface area contributed by atoms with Gasteiger partial charge in [-0.1, -0.05) is 0 Å². The van der Waals surface area contributed by atoms with E-state index in [4.69, 9.17) is 19.2 Å². The van der Waals surface area contributed by atoms with Crippen molar-refractivity contribution in [1.82, 2.24) is 9.55 Å². The highest BCUT2D eigenvalue weighted by Crippen LogP contribution is 2.35. The molecule has 1 aliphatic heterocycles. The van der Waals surface area contributed by atoms with Gasteiger partial charge in [0.25, 0.3) is 0 Å². The fourth-order valence-corrected chi connectivity index (χ4v) is 4.14. The third kappa shape index (κ3) is 2.80. The van der Waals surface area contributed by atoms with E-state index >= 15 is 0 Å². The van der Waals surface area contributed by atoms with Gasteiger partial charge in [-0.15, -0.1) is 0 Å². The third-order valence-electron chi connectivity index (χ3n) is 5.55. The van der Waals surface area contributed by atoms with E-state index in [1.54, 1.807) is 7.11 Å². The zero-order chi connectivity index (χ0) is 18.4. The van der Waals surface area contributed by atoms with Crippen LogP contribution in [0.5, 0.6) is 11.5 Å². The van der Waals surface area contributed by atoms with Crippen LogP contribution in [0.2, 0.25) is 0 Å². The van der Waals surface area contributed by atoms with Gasteiger partial charge >= 0.3 is 0 Å². The number of nitrogens with zero attached hydrogens (tertiary/aromatic N) is 2. The molecule has 1 aromatic carbocycles. The fourth-order valence-electron chi connectivity index (χ4n) is 4.14. The first-order valence-corrected chi connectivity index (χ1v) is 9.39. The summed E-state index contributed by atoms with van der Waals surface area (Å²) in [5, 5.41) is 4.61. The summed E-state index contributed by atoms with van der Waals surface area (Å²) in [5.41, 5.74) is 4.70. The number of benzene rings is 1. The first-order valence-electron chi connectivity index (χ1n) is 9.39. The SMILES string of the molecule is COC1CCc2c(c3ccc(Nc4ccc5c(c4)OCCO5)nc3n2C)C1. The molecule has 2 aromatic heterocycles. The van der Waals surface area contributed by atoms with Gasteiger partial charge < -0.3 is 24.1 Å². The summed E-state index contributed by atoms with van der Waals surface area (Å²) in [6.07, 6.45) is 3.36. The minimum absolute atomic E-state index is 0.304. The Labute approximate surface area is 158 Å². The highest BCUT2D eigenvalue weighted by atomic mass is 16.6. The number of hydrogen-bond acceptors (Lipinski definition) is 5. The molecule has 0 saturated heterocycles. The van der Waals surface area contributed by atoms with Crippen molar-refractivity contribution < 1.29 is 14.2 Å². The summed E-state index contributed by atoms with van der Waals surface area (Å²) in [4.78, 5) is 4.88. The number of rotatable bonds is 3. The first kappa shape index (κ1) is 16.4. The van der Waals surface area contributed by atoms with Crippen LogP contribution in [0.1, 0.15) is 17.7 Å². The van der Waals surface area contributed by atoms with Crippen molar-refractivity contribution in [3.05, 3.63) is 41.6 Å². The molecule has 27 heavy (non-hydrogen) atoms. The zero-order valence-electron chi connectivity index (χ0n) is 15.6. The van der Waals surface area contributed by atoms with E-state index in [1.165, 1.54) is 16.6 Å². The van der Waals surface area contributed by atoms with Crippen molar-refractivity contribution in [1.29, 1.82) is 0 Å². The van der Waals surface area contributed by atoms with Crippen molar-refractivity contribution in [2.45, 2.75) is 25.4 Å². The molecule has 140 valence electrons. The molecule has 1 N–H and O–H groups in total. The Hall–Kier alpha value is -2.73. The summed E-state index contributed by atoms with van der Waals surface area (Å²) in [6, 6.07) is 10.1. The lowest BCUT2D eigenvalue weighted by atomic mass is 9.93. The Morgan fingerprint density at radius 2 is 2.00 bits per heavy atom. The molecule has 0 fully saturated rings. The van der Waals surface area contributed by atoms with Crippen molar-refractivity contribution in [2.24, 2.45) is 7.05 Å². The monoisotopic (exact) mass is 365 g/mol. The molecule has 6 heteroatoms. The molecule has 5 rings (SSSR count). The minimum atomic E-state index is 0.304. The maximum Gasteiger partial charge on any atom is 0.163 e. The van der Waals surface area contributed by atoms with Gasteiger partial charge in [0.05, 0.1) is 6.10 Å². The molecule has 1 aliphatic carbocycles. The second kappa shape index (κ2) is 6.46. The number of methoxy groups -OCH3 is 1. The summed E-state index contributed by atoms with van der Waals surface area (Å²) in [7, 11) is 3.91. The Morgan fingerprint density at radius 1 is 1.15 bits per heavy atom. The number of anilines is 2. The maximum absolute atomic E-state index is 5.67. The van der Waals surface area contributed by atoms with Gasteiger partial charge in [0.2, 0.25) is 0 Å². The summed E-state index contributed by atoms with van der Waals surface area (Å²) in [6.45, 7) is 1.18. The number of nitrogens with one attached hydrogen (secondary N) is 1. The Bertz CT molecular complexity index is 1010. The van der Waals surface area contributed by atoms with Crippen molar-refractivity contribution >= 4 is 22.5 Å². The molecule has 1 atom stereocenters. The number of fused-ring (bicyclic) bond motifs is 4. The molecule has 6 nitrogen and oxygen atoms in total. The van der Waals surface area contributed by atoms with Gasteiger partial charge in [-0.05, 0) is 42.7 Å². The lowest BCUT2D eigenvalue weighted by Crippen LogP contribution is -2.21. The van der Waals surface area contributed by atoms with Gasteiger partial charge in [-0.2, -0.15) is 0 Å². The molecule has 0 saturated carbocycles. The van der Waals surface area contributed by atoms with Crippen LogP contribution in [0.25, 0.3) is 11.0 Å². The average Bonchev–Trinajstić information content (AvgIpc) is 2.99. The average molecular weight is 365 g/mol. The fraction of sp³-hybridized carbons (Fsp3) is 0.381. The zero-order valence-corrected chi connectivity index (χ0v) is 15.6. The third-order valence-corrected chi connectivity index (χ3v) is 5.55. The standard InChI is InChI=1S/C21H23N3O3/c1-24-17-6-4-14(25-2)12-16(17)15-5-8-20(23-21(15)24)22-13-3-7-18-19(11-13)27-10-9-26-18/h3,5,7-8,11,14H,4,6,9-10,12H2,1-2H3,(H,22,23). The van der Waals surface area contributed by atoms with Gasteiger partial charge in [-0.25, -0.2) is 4.98 Å². The molecule has 3 heterocycles. The molecule has 3 aromatic rings. The largest absolute Gasteiger partial charge is 0.486 e. The highest BCUT2D eigenvalue weighted by molar-refractivity contribution is 5.84. The number of hydrogen-bond donors (Lipinski definition) is 1. The predicted molar refractivity (Wildman–Crippen MR) is 104 cm³/mol. The maximum atomic E-state index is 5.67. The molecule has 0 spiro atoms. The van der Waals surface area contributed by atoms with Crippen LogP contribution in [-0.4, -0.2) is 36.0 Å². The lowest BCUT2D eigenvalue weighted by molar-refractivity contribution is 0.0908. The lowest BCUT2D eigenvalue weighted by Gasteiger charge is -2.21. The van der Waals surface area contributed by atoms with E-state index in [2.05, 4.69) is 23.0 Å². The van der Waals surface area contributed by atoms with Crippen LogP contribution in [0, 0.1) is 0 Å². The van der Waals surface area contributed by atoms with Crippen molar-refractivity contribution in [2.75, 3.05) is 25.6 Å². The van der Waals surface area contributed by atoms with Gasteiger partial charge in [0.15, 0.2) is 11.5 Å². The minimum Gasteiger partial charge on any atom is -0.486 e. The Morgan fingerprint density at radius 3 is 2.85 bits per heavy atom. The number of aromatic nitrogens is 2. The van der Waals surface area contributed by atoms with E-state index in [-0.39, 0.29) is 0 Å². The topological polar surface area (TPSA) is 57.5 Å². The molecule has 0 bridgehead atoms. The van der Waals surface area contributed by atoms with E-state index in [0.717, 1.165) is 47.9 Å². The van der Waals surface area contributed by atoms with Gasteiger partial charge in [0.1, 0.15) is 24.7 Å².